The van der Waals surface area contributed by atoms with Crippen molar-refractivity contribution in [3.8, 4) is 16.7 Å². The summed E-state index contributed by atoms with van der Waals surface area (Å²) in [7, 11) is 1.60. The van der Waals surface area contributed by atoms with Crippen molar-refractivity contribution in [1.29, 1.82) is 0 Å². The van der Waals surface area contributed by atoms with Crippen LogP contribution in [0.1, 0.15) is 5.56 Å². The third-order valence-corrected chi connectivity index (χ3v) is 3.95. The van der Waals surface area contributed by atoms with Crippen molar-refractivity contribution in [2.45, 2.75) is 0 Å². The van der Waals surface area contributed by atoms with Crippen LogP contribution in [-0.2, 0) is 9.53 Å². The second kappa shape index (κ2) is 8.66. The zero-order valence-electron chi connectivity index (χ0n) is 12.2. The van der Waals surface area contributed by atoms with Crippen LogP contribution in [0.2, 0.25) is 0 Å². The van der Waals surface area contributed by atoms with Gasteiger partial charge in [-0.2, -0.15) is 0 Å². The summed E-state index contributed by atoms with van der Waals surface area (Å²) >= 11 is 4.64. The second-order valence-electron chi connectivity index (χ2n) is 4.24. The van der Waals surface area contributed by atoms with Crippen molar-refractivity contribution in [2.75, 3.05) is 20.3 Å². The zero-order valence-corrected chi connectivity index (χ0v) is 14.6. The van der Waals surface area contributed by atoms with Gasteiger partial charge in [-0.15, -0.1) is 0 Å². The predicted molar refractivity (Wildman–Crippen MR) is 90.4 cm³/mol. The number of benzene rings is 1. The number of halogens is 1. The van der Waals surface area contributed by atoms with Gasteiger partial charge in [0.05, 0.1) is 16.6 Å². The molecule has 0 saturated carbocycles. The van der Waals surface area contributed by atoms with E-state index in [-0.39, 0.29) is 0 Å². The molecule has 1 aromatic carbocycles. The third kappa shape index (κ3) is 5.66. The van der Waals surface area contributed by atoms with Gasteiger partial charge in [-0.3, -0.25) is 0 Å². The molecule has 0 bridgehead atoms. The number of hydrogen-bond acceptors (Lipinski definition) is 6. The molecule has 8 heteroatoms. The summed E-state index contributed by atoms with van der Waals surface area (Å²) in [5.41, 5.74) is 0.609. The van der Waals surface area contributed by atoms with Crippen molar-refractivity contribution in [1.82, 2.24) is 4.98 Å². The summed E-state index contributed by atoms with van der Waals surface area (Å²) in [5, 5.41) is 9.21. The van der Waals surface area contributed by atoms with Crippen LogP contribution in [-0.4, -0.2) is 36.4 Å². The van der Waals surface area contributed by atoms with Crippen molar-refractivity contribution < 1.29 is 24.1 Å². The molecule has 1 aromatic heterocycles. The monoisotopic (exact) mass is 399 g/mol. The molecule has 0 fully saturated rings. The van der Waals surface area contributed by atoms with E-state index in [2.05, 4.69) is 20.9 Å². The van der Waals surface area contributed by atoms with Gasteiger partial charge in [0.2, 0.25) is 0 Å². The normalized spacial score (nSPS) is 10.9. The van der Waals surface area contributed by atoms with Crippen LogP contribution in [0.4, 0.5) is 0 Å². The first kappa shape index (κ1) is 17.5. The Morgan fingerprint density at radius 3 is 2.91 bits per heavy atom. The first-order valence-corrected chi connectivity index (χ1v) is 8.15. The van der Waals surface area contributed by atoms with Crippen molar-refractivity contribution in [3.63, 3.8) is 0 Å². The van der Waals surface area contributed by atoms with E-state index in [9.17, 15) is 4.79 Å². The molecule has 0 spiro atoms. The van der Waals surface area contributed by atoms with Crippen LogP contribution in [0.25, 0.3) is 6.08 Å². The maximum atomic E-state index is 10.7. The molecule has 0 amide bonds. The summed E-state index contributed by atoms with van der Waals surface area (Å²) in [6.45, 7) is 0.874. The smallest absolute Gasteiger partial charge is 0.328 e. The summed E-state index contributed by atoms with van der Waals surface area (Å²) in [5.74, 6) is 0.0211. The summed E-state index contributed by atoms with van der Waals surface area (Å²) in [4.78, 5) is 14.8. The van der Waals surface area contributed by atoms with E-state index in [1.165, 1.54) is 17.4 Å². The van der Waals surface area contributed by atoms with E-state index in [4.69, 9.17) is 19.3 Å². The van der Waals surface area contributed by atoms with Gasteiger partial charge < -0.3 is 19.3 Å². The fourth-order valence-corrected chi connectivity index (χ4v) is 2.64. The Balaban J connectivity index is 2.24. The maximum absolute atomic E-state index is 10.7. The molecule has 0 aliphatic carbocycles. The van der Waals surface area contributed by atoms with Crippen molar-refractivity contribution in [2.24, 2.45) is 0 Å². The Labute approximate surface area is 145 Å². The van der Waals surface area contributed by atoms with Crippen molar-refractivity contribution >= 4 is 39.3 Å². The molecule has 1 N–H and O–H groups in total. The highest BCUT2D eigenvalue weighted by atomic mass is 79.9. The van der Waals surface area contributed by atoms with E-state index < -0.39 is 5.97 Å². The number of carboxylic acid groups (broad SMARTS) is 1. The largest absolute Gasteiger partial charge is 0.491 e. The molecule has 0 saturated heterocycles. The molecule has 122 valence electrons. The minimum absolute atomic E-state index is 0.406. The molecular formula is C15H14BrNO5S. The molecule has 0 atom stereocenters. The standard InChI is InChI=1S/C15H14BrNO5S/c1-20-6-7-21-11-4-2-10(3-5-14(18)19)12(8-11)22-15-17-9-13(16)23-15/h2-5,8-9H,6-7H2,1H3,(H,18,19)/b5-3+. The molecule has 1 heterocycles. The third-order valence-electron chi connectivity index (χ3n) is 2.60. The van der Waals surface area contributed by atoms with Crippen LogP contribution < -0.4 is 9.47 Å². The number of ether oxygens (including phenoxy) is 3. The molecule has 6 nitrogen and oxygen atoms in total. The van der Waals surface area contributed by atoms with Crippen molar-refractivity contribution in [3.05, 3.63) is 39.8 Å². The average molecular weight is 400 g/mol. The van der Waals surface area contributed by atoms with Crippen LogP contribution in [0.5, 0.6) is 16.7 Å². The Hall–Kier alpha value is -1.90. The van der Waals surface area contributed by atoms with Gasteiger partial charge in [-0.25, -0.2) is 9.78 Å². The van der Waals surface area contributed by atoms with E-state index in [1.807, 2.05) is 0 Å². The lowest BCUT2D eigenvalue weighted by Crippen LogP contribution is -2.04. The topological polar surface area (TPSA) is 77.9 Å². The number of thiazole rings is 1. The Morgan fingerprint density at radius 2 is 2.26 bits per heavy atom. The maximum Gasteiger partial charge on any atom is 0.328 e. The van der Waals surface area contributed by atoms with E-state index >= 15 is 0 Å². The summed E-state index contributed by atoms with van der Waals surface area (Å²) in [6.07, 6.45) is 4.14. The van der Waals surface area contributed by atoms with Gasteiger partial charge in [0.25, 0.3) is 5.19 Å². The average Bonchev–Trinajstić information content (AvgIpc) is 2.92. The summed E-state index contributed by atoms with van der Waals surface area (Å²) in [6, 6.07) is 5.15. The molecule has 2 aromatic rings. The minimum Gasteiger partial charge on any atom is -0.491 e. The molecule has 0 unspecified atom stereocenters. The zero-order chi connectivity index (χ0) is 16.7. The molecule has 23 heavy (non-hydrogen) atoms. The van der Waals surface area contributed by atoms with E-state index in [0.29, 0.717) is 35.5 Å². The lowest BCUT2D eigenvalue weighted by Gasteiger charge is -2.10. The van der Waals surface area contributed by atoms with Gasteiger partial charge in [0, 0.05) is 24.8 Å². The Bertz CT molecular complexity index is 701. The fourth-order valence-electron chi connectivity index (χ4n) is 1.62. The number of nitrogens with zero attached hydrogens (tertiary/aromatic N) is 1. The lowest BCUT2D eigenvalue weighted by molar-refractivity contribution is -0.131. The van der Waals surface area contributed by atoms with Gasteiger partial charge in [0.15, 0.2) is 0 Å². The number of aromatic nitrogens is 1. The van der Waals surface area contributed by atoms with Crippen LogP contribution >= 0.6 is 27.3 Å². The number of methoxy groups -OCH3 is 1. The number of hydrogen-bond donors (Lipinski definition) is 1. The number of carboxylic acids is 1. The minimum atomic E-state index is -1.03. The number of rotatable bonds is 8. The Kier molecular flexibility index (Phi) is 6.57. The van der Waals surface area contributed by atoms with E-state index in [1.54, 1.807) is 31.5 Å². The first-order chi connectivity index (χ1) is 11.1. The van der Waals surface area contributed by atoms with Gasteiger partial charge in [0.1, 0.15) is 18.1 Å². The van der Waals surface area contributed by atoms with Crippen LogP contribution in [0, 0.1) is 0 Å². The highest BCUT2D eigenvalue weighted by molar-refractivity contribution is 9.11. The van der Waals surface area contributed by atoms with Crippen LogP contribution in [0.15, 0.2) is 34.3 Å². The van der Waals surface area contributed by atoms with Gasteiger partial charge in [-0.1, -0.05) is 11.3 Å². The van der Waals surface area contributed by atoms with Crippen LogP contribution in [0.3, 0.4) is 0 Å². The second-order valence-corrected chi connectivity index (χ2v) is 6.62. The SMILES string of the molecule is COCCOc1ccc(/C=C/C(=O)O)c(Oc2ncc(Br)s2)c1. The molecular weight excluding hydrogens is 386 g/mol. The fraction of sp³-hybridized carbons (Fsp3) is 0.200. The number of aliphatic carboxylic acids is 1. The quantitative estimate of drug-likeness (QED) is 0.536. The van der Waals surface area contributed by atoms with Gasteiger partial charge in [-0.05, 0) is 34.1 Å². The summed E-state index contributed by atoms with van der Waals surface area (Å²) < 4.78 is 17.0. The number of carbonyl (C=O) groups is 1. The lowest BCUT2D eigenvalue weighted by atomic mass is 10.1. The first-order valence-electron chi connectivity index (χ1n) is 6.54. The Morgan fingerprint density at radius 1 is 1.43 bits per heavy atom. The molecule has 0 aliphatic rings. The van der Waals surface area contributed by atoms with Gasteiger partial charge >= 0.3 is 5.97 Å². The molecule has 2 rings (SSSR count). The highest BCUT2D eigenvalue weighted by Crippen LogP contribution is 2.34. The molecule has 0 aliphatic heterocycles. The van der Waals surface area contributed by atoms with E-state index in [0.717, 1.165) is 9.86 Å². The highest BCUT2D eigenvalue weighted by Gasteiger charge is 2.09. The molecule has 0 radical (unpaired) electrons. The predicted octanol–water partition coefficient (Wildman–Crippen LogP) is 3.82.